The Bertz CT molecular complexity index is 562. The Morgan fingerprint density at radius 2 is 1.30 bits per heavy atom. The van der Waals surface area contributed by atoms with Crippen LogP contribution in [0.15, 0.2) is 72.8 Å². The second-order valence-electron chi connectivity index (χ2n) is 4.17. The Morgan fingerprint density at radius 3 is 1.90 bits per heavy atom. The average Bonchev–Trinajstić information content (AvgIpc) is 2.90. The Morgan fingerprint density at radius 1 is 0.750 bits per heavy atom. The second kappa shape index (κ2) is 9.34. The van der Waals surface area contributed by atoms with E-state index in [0.29, 0.717) is 5.92 Å². The Balaban J connectivity index is 0.00000120. The molecule has 99 valence electrons. The van der Waals surface area contributed by atoms with Gasteiger partial charge in [0.1, 0.15) is 0 Å². The van der Waals surface area contributed by atoms with Crippen molar-refractivity contribution >= 4 is 5.57 Å². The van der Waals surface area contributed by atoms with Crippen molar-refractivity contribution in [2.24, 2.45) is 0 Å². The predicted octanol–water partition coefficient (Wildman–Crippen LogP) is -1.77. The third-order valence-corrected chi connectivity index (χ3v) is 3.01. The minimum Gasteiger partial charge on any atom is -1.00 e. The van der Waals surface area contributed by atoms with Crippen LogP contribution in [-0.2, 0) is 26.2 Å². The molecule has 0 spiro atoms. The summed E-state index contributed by atoms with van der Waals surface area (Å²) in [6.45, 7) is 0. The number of benzene rings is 2. The fourth-order valence-corrected chi connectivity index (χ4v) is 2.11. The number of hydrogen-bond acceptors (Lipinski definition) is 0. The van der Waals surface area contributed by atoms with Crippen LogP contribution >= 0.6 is 0 Å². The van der Waals surface area contributed by atoms with Crippen LogP contribution in [-0.4, -0.2) is 0 Å². The van der Waals surface area contributed by atoms with Gasteiger partial charge in [0.25, 0.3) is 0 Å². The molecule has 1 aliphatic carbocycles. The van der Waals surface area contributed by atoms with Crippen LogP contribution in [0.1, 0.15) is 17.0 Å². The summed E-state index contributed by atoms with van der Waals surface area (Å²) in [6.07, 6.45) is 7.89. The molecule has 0 N–H and O–H groups in total. The van der Waals surface area contributed by atoms with E-state index in [1.165, 1.54) is 16.7 Å². The van der Waals surface area contributed by atoms with Crippen LogP contribution in [0.25, 0.3) is 5.57 Å². The average molecular weight is 379 g/mol. The first-order valence-corrected chi connectivity index (χ1v) is 5.85. The van der Waals surface area contributed by atoms with Crippen molar-refractivity contribution in [3.8, 4) is 0 Å². The second-order valence-corrected chi connectivity index (χ2v) is 4.17. The van der Waals surface area contributed by atoms with Crippen LogP contribution in [0.4, 0.5) is 0 Å². The number of halogens is 2. The molecule has 0 aliphatic heterocycles. The molecule has 1 atom stereocenters. The summed E-state index contributed by atoms with van der Waals surface area (Å²) >= 11 is 0. The summed E-state index contributed by atoms with van der Waals surface area (Å²) in [5.41, 5.74) is 3.73. The van der Waals surface area contributed by atoms with Gasteiger partial charge in [-0.2, -0.15) is 17.7 Å². The van der Waals surface area contributed by atoms with Crippen LogP contribution in [0, 0.1) is 6.08 Å². The minimum absolute atomic E-state index is 0. The monoisotopic (exact) mass is 377 g/mol. The summed E-state index contributed by atoms with van der Waals surface area (Å²) < 4.78 is 0. The summed E-state index contributed by atoms with van der Waals surface area (Å²) in [4.78, 5) is 0. The van der Waals surface area contributed by atoms with Crippen molar-refractivity contribution in [1.29, 1.82) is 0 Å². The van der Waals surface area contributed by atoms with E-state index < -0.39 is 0 Å². The van der Waals surface area contributed by atoms with Gasteiger partial charge in [0.2, 0.25) is 0 Å². The Labute approximate surface area is 151 Å². The van der Waals surface area contributed by atoms with Gasteiger partial charge < -0.3 is 24.8 Å². The normalized spacial score (nSPS) is 15.4. The van der Waals surface area contributed by atoms with Crippen LogP contribution in [0.2, 0.25) is 0 Å². The van der Waals surface area contributed by atoms with Gasteiger partial charge in [-0.15, -0.1) is 23.8 Å². The first kappa shape index (κ1) is 19.4. The standard InChI is InChI=1S/C17H13.2ClH.Zr/c1-3-7-14(8-4-1)16-11-12-17(13-16)15-9-5-2-6-10-15;;;/h1-12,16H;2*1H;/q-1;;;+3/p-2. The van der Waals surface area contributed by atoms with E-state index in [1.54, 1.807) is 0 Å². The van der Waals surface area contributed by atoms with Crippen molar-refractivity contribution < 1.29 is 51.0 Å². The summed E-state index contributed by atoms with van der Waals surface area (Å²) in [5.74, 6) is 0.298. The predicted molar refractivity (Wildman–Crippen MR) is 71.4 cm³/mol. The van der Waals surface area contributed by atoms with E-state index in [0.717, 1.165) is 0 Å². The van der Waals surface area contributed by atoms with Gasteiger partial charge in [-0.05, 0) is 5.92 Å². The van der Waals surface area contributed by atoms with Gasteiger partial charge in [-0.25, -0.2) is 0 Å². The largest absolute Gasteiger partial charge is 3.00 e. The fourth-order valence-electron chi connectivity index (χ4n) is 2.11. The molecule has 0 aromatic heterocycles. The maximum atomic E-state index is 3.53. The quantitative estimate of drug-likeness (QED) is 0.542. The molecule has 2 aromatic rings. The molecular formula is C17H13Cl2Zr. The molecule has 0 fully saturated rings. The van der Waals surface area contributed by atoms with Gasteiger partial charge in [0.05, 0.1) is 0 Å². The molecular weight excluding hydrogens is 366 g/mol. The molecule has 1 radical (unpaired) electrons. The minimum atomic E-state index is 0. The van der Waals surface area contributed by atoms with Gasteiger partial charge in [-0.1, -0.05) is 54.1 Å². The topological polar surface area (TPSA) is 0 Å². The van der Waals surface area contributed by atoms with E-state index in [4.69, 9.17) is 0 Å². The van der Waals surface area contributed by atoms with Crippen molar-refractivity contribution in [1.82, 2.24) is 0 Å². The zero-order chi connectivity index (χ0) is 11.5. The van der Waals surface area contributed by atoms with Crippen molar-refractivity contribution in [3.05, 3.63) is 90.0 Å². The van der Waals surface area contributed by atoms with Gasteiger partial charge >= 0.3 is 26.2 Å². The summed E-state index contributed by atoms with van der Waals surface area (Å²) in [7, 11) is 0. The summed E-state index contributed by atoms with van der Waals surface area (Å²) in [5, 5.41) is 0. The van der Waals surface area contributed by atoms with E-state index in [-0.39, 0.29) is 51.0 Å². The van der Waals surface area contributed by atoms with Gasteiger partial charge in [0.15, 0.2) is 0 Å². The number of hydrogen-bond donors (Lipinski definition) is 0. The SMILES string of the molecule is [C-]1=C(c2ccccc2)C=CC1c1ccccc1.[Cl-].[Cl-].[Zr+3]. The molecule has 0 saturated heterocycles. The van der Waals surface area contributed by atoms with Gasteiger partial charge in [0, 0.05) is 0 Å². The van der Waals surface area contributed by atoms with Crippen LogP contribution < -0.4 is 24.8 Å². The first-order valence-electron chi connectivity index (χ1n) is 5.85. The smallest absolute Gasteiger partial charge is 1.00 e. The van der Waals surface area contributed by atoms with E-state index in [1.807, 2.05) is 12.1 Å². The van der Waals surface area contributed by atoms with E-state index >= 15 is 0 Å². The van der Waals surface area contributed by atoms with Crippen molar-refractivity contribution in [3.63, 3.8) is 0 Å². The van der Waals surface area contributed by atoms with Gasteiger partial charge in [-0.3, -0.25) is 0 Å². The molecule has 3 rings (SSSR count). The third kappa shape index (κ3) is 4.45. The summed E-state index contributed by atoms with van der Waals surface area (Å²) in [6, 6.07) is 20.9. The molecule has 3 heteroatoms. The maximum absolute atomic E-state index is 3.53. The molecule has 0 heterocycles. The van der Waals surface area contributed by atoms with E-state index in [2.05, 4.69) is 66.8 Å². The van der Waals surface area contributed by atoms with Crippen LogP contribution in [0.5, 0.6) is 0 Å². The molecule has 2 aromatic carbocycles. The molecule has 0 saturated carbocycles. The molecule has 0 nitrogen and oxygen atoms in total. The molecule has 0 bridgehead atoms. The number of rotatable bonds is 2. The van der Waals surface area contributed by atoms with Crippen molar-refractivity contribution in [2.45, 2.75) is 5.92 Å². The Kier molecular flexibility index (Phi) is 9.06. The molecule has 1 aliphatic rings. The fraction of sp³-hybridized carbons (Fsp3) is 0.0588. The molecule has 0 amide bonds. The molecule has 1 unspecified atom stereocenters. The first-order chi connectivity index (χ1) is 8.43. The van der Waals surface area contributed by atoms with E-state index in [9.17, 15) is 0 Å². The van der Waals surface area contributed by atoms with Crippen molar-refractivity contribution in [2.75, 3.05) is 0 Å². The number of allylic oxidation sites excluding steroid dienone is 4. The molecule has 20 heavy (non-hydrogen) atoms. The van der Waals surface area contributed by atoms with Crippen LogP contribution in [0.3, 0.4) is 0 Å². The zero-order valence-corrected chi connectivity index (χ0v) is 14.7. The Hall–Kier alpha value is -0.617. The zero-order valence-electron chi connectivity index (χ0n) is 10.8. The third-order valence-electron chi connectivity index (χ3n) is 3.01. The maximum Gasteiger partial charge on any atom is 3.00 e.